The van der Waals surface area contributed by atoms with E-state index in [2.05, 4.69) is 12.2 Å². The number of anilines is 1. The highest BCUT2D eigenvalue weighted by Crippen LogP contribution is 2.26. The van der Waals surface area contributed by atoms with Gasteiger partial charge in [0.2, 0.25) is 0 Å². The van der Waals surface area contributed by atoms with Crippen LogP contribution in [0.1, 0.15) is 37.2 Å². The van der Waals surface area contributed by atoms with Crippen LogP contribution in [0.5, 0.6) is 0 Å². The molecule has 1 heterocycles. The maximum absolute atomic E-state index is 12.0. The number of carbonyl (C=O) groups is 1. The zero-order valence-corrected chi connectivity index (χ0v) is 9.86. The minimum Gasteiger partial charge on any atom is -0.397 e. The number of carbonyl (C=O) groups excluding carboxylic acids is 1. The number of nitrogens with two attached hydrogens (primary N) is 1. The summed E-state index contributed by atoms with van der Waals surface area (Å²) in [5.41, 5.74) is 7.00. The lowest BCUT2D eigenvalue weighted by Gasteiger charge is -2.33. The summed E-state index contributed by atoms with van der Waals surface area (Å²) in [7, 11) is 0. The van der Waals surface area contributed by atoms with Crippen molar-refractivity contribution in [1.29, 1.82) is 0 Å². The first kappa shape index (κ1) is 11.0. The molecule has 0 spiro atoms. The van der Waals surface area contributed by atoms with Gasteiger partial charge < -0.3 is 15.6 Å². The van der Waals surface area contributed by atoms with Gasteiger partial charge >= 0.3 is 0 Å². The normalized spacial score (nSPS) is 23.9. The molecule has 3 N–H and O–H groups in total. The minimum absolute atomic E-state index is 0.00421. The maximum atomic E-state index is 12.0. The number of hydrogen-bond donors (Lipinski definition) is 2. The van der Waals surface area contributed by atoms with E-state index in [1.54, 1.807) is 12.3 Å². The van der Waals surface area contributed by atoms with Crippen LogP contribution in [0.4, 0.5) is 5.69 Å². The highest BCUT2D eigenvalue weighted by Gasteiger charge is 2.27. The van der Waals surface area contributed by atoms with E-state index in [0.29, 0.717) is 17.4 Å². The molecule has 0 aromatic carbocycles. The number of amides is 1. The summed E-state index contributed by atoms with van der Waals surface area (Å²) < 4.78 is 1.88. The average Bonchev–Trinajstić information content (AvgIpc) is 2.57. The Morgan fingerprint density at radius 3 is 2.88 bits per heavy atom. The van der Waals surface area contributed by atoms with Crippen molar-refractivity contribution in [1.82, 2.24) is 9.88 Å². The van der Waals surface area contributed by atoms with Gasteiger partial charge in [-0.25, -0.2) is 0 Å². The van der Waals surface area contributed by atoms with Crippen LogP contribution in [0.25, 0.3) is 0 Å². The van der Waals surface area contributed by atoms with Gasteiger partial charge in [-0.3, -0.25) is 4.79 Å². The lowest BCUT2D eigenvalue weighted by Crippen LogP contribution is -2.43. The molecular weight excluding hydrogens is 202 g/mol. The van der Waals surface area contributed by atoms with Gasteiger partial charge in [-0.15, -0.1) is 0 Å². The van der Waals surface area contributed by atoms with Crippen molar-refractivity contribution in [2.24, 2.45) is 5.92 Å². The predicted molar refractivity (Wildman–Crippen MR) is 64.2 cm³/mol. The second-order valence-corrected chi connectivity index (χ2v) is 4.69. The smallest absolute Gasteiger partial charge is 0.268 e. The van der Waals surface area contributed by atoms with E-state index in [0.717, 1.165) is 25.3 Å². The molecule has 0 atom stereocenters. The second-order valence-electron chi connectivity index (χ2n) is 4.69. The molecule has 4 heteroatoms. The van der Waals surface area contributed by atoms with E-state index in [4.69, 9.17) is 5.73 Å². The quantitative estimate of drug-likeness (QED) is 0.814. The molecule has 1 aliphatic rings. The molecule has 1 amide bonds. The largest absolute Gasteiger partial charge is 0.397 e. The van der Waals surface area contributed by atoms with Crippen molar-refractivity contribution >= 4 is 11.6 Å². The van der Waals surface area contributed by atoms with E-state index in [9.17, 15) is 4.79 Å². The van der Waals surface area contributed by atoms with Crippen molar-refractivity contribution < 1.29 is 4.79 Å². The van der Waals surface area contributed by atoms with Crippen LogP contribution in [0, 0.1) is 5.92 Å². The topological polar surface area (TPSA) is 60.0 Å². The fourth-order valence-electron chi connectivity index (χ4n) is 2.26. The molecule has 1 aromatic heterocycles. The third-order valence-electron chi connectivity index (χ3n) is 3.20. The predicted octanol–water partition coefficient (Wildman–Crippen LogP) is 1.62. The number of hydrogen-bond acceptors (Lipinski definition) is 2. The lowest BCUT2D eigenvalue weighted by atomic mass is 9.82. The Morgan fingerprint density at radius 2 is 2.31 bits per heavy atom. The Balaban J connectivity index is 2.02. The molecule has 4 nitrogen and oxygen atoms in total. The third kappa shape index (κ3) is 2.05. The second kappa shape index (κ2) is 4.20. The number of aromatic nitrogens is 1. The molecule has 16 heavy (non-hydrogen) atoms. The first-order valence-corrected chi connectivity index (χ1v) is 5.86. The fourth-order valence-corrected chi connectivity index (χ4v) is 2.26. The zero-order valence-electron chi connectivity index (χ0n) is 9.86. The van der Waals surface area contributed by atoms with Gasteiger partial charge in [-0.05, 0) is 31.7 Å². The van der Waals surface area contributed by atoms with Crippen molar-refractivity contribution in [2.45, 2.75) is 39.3 Å². The zero-order chi connectivity index (χ0) is 11.7. The van der Waals surface area contributed by atoms with E-state index in [-0.39, 0.29) is 5.91 Å². The van der Waals surface area contributed by atoms with Gasteiger partial charge in [0.05, 0.1) is 5.69 Å². The molecule has 0 aliphatic heterocycles. The molecule has 0 radical (unpaired) electrons. The number of nitrogens with zero attached hydrogens (tertiary/aromatic N) is 1. The van der Waals surface area contributed by atoms with Crippen LogP contribution < -0.4 is 11.1 Å². The summed E-state index contributed by atoms with van der Waals surface area (Å²) in [6.07, 6.45) is 3.99. The van der Waals surface area contributed by atoms with Crippen LogP contribution in [0.2, 0.25) is 0 Å². The molecule has 0 bridgehead atoms. The molecule has 1 aromatic rings. The Labute approximate surface area is 95.8 Å². The molecule has 1 saturated carbocycles. The lowest BCUT2D eigenvalue weighted by molar-refractivity contribution is 0.0886. The first-order valence-electron chi connectivity index (χ1n) is 5.86. The number of nitrogen functional groups attached to an aromatic ring is 1. The van der Waals surface area contributed by atoms with E-state index in [1.807, 2.05) is 11.5 Å². The van der Waals surface area contributed by atoms with Crippen LogP contribution in [-0.4, -0.2) is 16.5 Å². The molecule has 0 unspecified atom stereocenters. The maximum Gasteiger partial charge on any atom is 0.268 e. The Morgan fingerprint density at radius 1 is 1.62 bits per heavy atom. The Bertz CT molecular complexity index is 391. The monoisotopic (exact) mass is 221 g/mol. The van der Waals surface area contributed by atoms with Gasteiger partial charge in [0.15, 0.2) is 0 Å². The summed E-state index contributed by atoms with van der Waals surface area (Å²) in [5.74, 6) is 0.740. The van der Waals surface area contributed by atoms with Gasteiger partial charge in [-0.2, -0.15) is 0 Å². The van der Waals surface area contributed by atoms with Crippen LogP contribution in [0.15, 0.2) is 12.3 Å². The number of aryl methyl sites for hydroxylation is 1. The fraction of sp³-hybridized carbons (Fsp3) is 0.583. The Kier molecular flexibility index (Phi) is 2.90. The summed E-state index contributed by atoms with van der Waals surface area (Å²) in [6, 6.07) is 2.09. The van der Waals surface area contributed by atoms with E-state index >= 15 is 0 Å². The summed E-state index contributed by atoms with van der Waals surface area (Å²) >= 11 is 0. The standard InChI is InChI=1S/C12H19N3O/c1-3-15-7-9(13)6-11(15)12(16)14-10-4-8(2)5-10/h6-8,10H,3-5,13H2,1-2H3,(H,14,16). The average molecular weight is 221 g/mol. The summed E-state index contributed by atoms with van der Waals surface area (Å²) in [6.45, 7) is 4.97. The summed E-state index contributed by atoms with van der Waals surface area (Å²) in [4.78, 5) is 12.0. The van der Waals surface area contributed by atoms with Crippen molar-refractivity contribution in [3.63, 3.8) is 0 Å². The number of rotatable bonds is 3. The molecule has 1 fully saturated rings. The van der Waals surface area contributed by atoms with Gasteiger partial charge in [-0.1, -0.05) is 6.92 Å². The third-order valence-corrected chi connectivity index (χ3v) is 3.20. The van der Waals surface area contributed by atoms with E-state index < -0.39 is 0 Å². The SMILES string of the molecule is CCn1cc(N)cc1C(=O)NC1CC(C)C1. The molecule has 2 rings (SSSR count). The molecule has 1 aliphatic carbocycles. The van der Waals surface area contributed by atoms with Crippen LogP contribution in [0.3, 0.4) is 0 Å². The first-order chi connectivity index (χ1) is 7.60. The number of nitrogens with one attached hydrogen (secondary N) is 1. The van der Waals surface area contributed by atoms with Gasteiger partial charge in [0.25, 0.3) is 5.91 Å². The molecular formula is C12H19N3O. The van der Waals surface area contributed by atoms with Crippen LogP contribution >= 0.6 is 0 Å². The molecule has 88 valence electrons. The Hall–Kier alpha value is -1.45. The van der Waals surface area contributed by atoms with Gasteiger partial charge in [0.1, 0.15) is 5.69 Å². The van der Waals surface area contributed by atoms with Crippen molar-refractivity contribution in [3.05, 3.63) is 18.0 Å². The minimum atomic E-state index is -0.00421. The van der Waals surface area contributed by atoms with Gasteiger partial charge in [0, 0.05) is 18.8 Å². The molecule has 0 saturated heterocycles. The van der Waals surface area contributed by atoms with E-state index in [1.165, 1.54) is 0 Å². The van der Waals surface area contributed by atoms with Crippen molar-refractivity contribution in [3.8, 4) is 0 Å². The van der Waals surface area contributed by atoms with Crippen molar-refractivity contribution in [2.75, 3.05) is 5.73 Å². The van der Waals surface area contributed by atoms with Crippen LogP contribution in [-0.2, 0) is 6.54 Å². The summed E-state index contributed by atoms with van der Waals surface area (Å²) in [5, 5.41) is 3.04. The highest BCUT2D eigenvalue weighted by atomic mass is 16.2. The highest BCUT2D eigenvalue weighted by molar-refractivity contribution is 5.94.